The summed E-state index contributed by atoms with van der Waals surface area (Å²) in [6, 6.07) is 3.90. The highest BCUT2D eigenvalue weighted by Crippen LogP contribution is 2.38. The van der Waals surface area contributed by atoms with Gasteiger partial charge in [-0.15, -0.1) is 0 Å². The van der Waals surface area contributed by atoms with Gasteiger partial charge in [0.2, 0.25) is 0 Å². The summed E-state index contributed by atoms with van der Waals surface area (Å²) in [5.74, 6) is 0.0874. The Bertz CT molecular complexity index is 967. The molecule has 1 aliphatic rings. The van der Waals surface area contributed by atoms with Crippen LogP contribution in [0.4, 0.5) is 5.69 Å². The molecule has 0 aliphatic heterocycles. The van der Waals surface area contributed by atoms with Crippen molar-refractivity contribution in [1.82, 2.24) is 14.9 Å². The van der Waals surface area contributed by atoms with Crippen LogP contribution in [-0.4, -0.2) is 41.1 Å². The molecule has 10 heteroatoms. The molecule has 28 heavy (non-hydrogen) atoms. The van der Waals surface area contributed by atoms with E-state index in [0.29, 0.717) is 5.92 Å². The first-order valence-corrected chi connectivity index (χ1v) is 8.69. The highest BCUT2D eigenvalue weighted by atomic mass is 16.6. The van der Waals surface area contributed by atoms with Crippen LogP contribution in [0.25, 0.3) is 0 Å². The minimum atomic E-state index is -0.665. The van der Waals surface area contributed by atoms with E-state index in [1.54, 1.807) is 0 Å². The molecule has 148 valence electrons. The molecule has 1 amide bonds. The van der Waals surface area contributed by atoms with Gasteiger partial charge in [0.1, 0.15) is 5.56 Å². The van der Waals surface area contributed by atoms with Crippen LogP contribution in [0.1, 0.15) is 34.8 Å². The number of amides is 1. The SMILES string of the molecule is COc1cc(C(=O)NCCn2cnc(C3CC3)cc2=O)c([N+](=O)[O-])cc1OC. The molecule has 1 aromatic heterocycles. The molecule has 1 heterocycles. The maximum absolute atomic E-state index is 12.4. The van der Waals surface area contributed by atoms with Gasteiger partial charge in [0.05, 0.1) is 37.2 Å². The minimum Gasteiger partial charge on any atom is -0.493 e. The standard InChI is InChI=1S/C18H20N4O6/c1-27-15-7-12(14(22(25)26)9-16(15)28-2)18(24)19-5-6-21-10-20-13(8-17(21)23)11-3-4-11/h7-11H,3-6H2,1-2H3,(H,19,24). The number of carbonyl (C=O) groups excluding carboxylic acids is 1. The van der Waals surface area contributed by atoms with Crippen molar-refractivity contribution in [3.63, 3.8) is 0 Å². The Morgan fingerprint density at radius 1 is 1.29 bits per heavy atom. The quantitative estimate of drug-likeness (QED) is 0.536. The number of rotatable bonds is 8. The summed E-state index contributed by atoms with van der Waals surface area (Å²) < 4.78 is 11.5. The number of hydrogen-bond acceptors (Lipinski definition) is 7. The zero-order chi connectivity index (χ0) is 20.3. The number of ether oxygens (including phenoxy) is 2. The van der Waals surface area contributed by atoms with Crippen LogP contribution in [0.3, 0.4) is 0 Å². The molecule has 1 N–H and O–H groups in total. The van der Waals surface area contributed by atoms with Crippen LogP contribution < -0.4 is 20.3 Å². The van der Waals surface area contributed by atoms with E-state index in [0.717, 1.165) is 24.6 Å². The second-order valence-electron chi connectivity index (χ2n) is 6.36. The van der Waals surface area contributed by atoms with E-state index < -0.39 is 16.5 Å². The van der Waals surface area contributed by atoms with Crippen LogP contribution in [0.2, 0.25) is 0 Å². The molecule has 1 fully saturated rings. The van der Waals surface area contributed by atoms with Crippen molar-refractivity contribution in [2.24, 2.45) is 0 Å². The lowest BCUT2D eigenvalue weighted by Crippen LogP contribution is -2.31. The van der Waals surface area contributed by atoms with Gasteiger partial charge in [-0.3, -0.25) is 24.3 Å². The van der Waals surface area contributed by atoms with Gasteiger partial charge < -0.3 is 14.8 Å². The summed E-state index contributed by atoms with van der Waals surface area (Å²) in [5.41, 5.74) is 0.0504. The number of benzene rings is 1. The fourth-order valence-corrected chi connectivity index (χ4v) is 2.80. The molecule has 1 aromatic carbocycles. The Kier molecular flexibility index (Phi) is 5.57. The number of nitro groups is 1. The third kappa shape index (κ3) is 4.11. The van der Waals surface area contributed by atoms with Gasteiger partial charge >= 0.3 is 0 Å². The van der Waals surface area contributed by atoms with Crippen LogP contribution in [0, 0.1) is 10.1 Å². The van der Waals surface area contributed by atoms with E-state index in [2.05, 4.69) is 10.3 Å². The Balaban J connectivity index is 1.70. The van der Waals surface area contributed by atoms with Crippen molar-refractivity contribution >= 4 is 11.6 Å². The van der Waals surface area contributed by atoms with Gasteiger partial charge in [0.25, 0.3) is 17.2 Å². The van der Waals surface area contributed by atoms with Crippen LogP contribution in [0.5, 0.6) is 11.5 Å². The van der Waals surface area contributed by atoms with E-state index in [1.165, 1.54) is 37.2 Å². The van der Waals surface area contributed by atoms with Crippen molar-refractivity contribution in [1.29, 1.82) is 0 Å². The molecule has 1 saturated carbocycles. The van der Waals surface area contributed by atoms with E-state index in [4.69, 9.17) is 9.47 Å². The first kappa shape index (κ1) is 19.3. The van der Waals surface area contributed by atoms with Gasteiger partial charge in [0, 0.05) is 31.1 Å². The first-order chi connectivity index (χ1) is 13.4. The summed E-state index contributed by atoms with van der Waals surface area (Å²) in [7, 11) is 2.72. The second kappa shape index (κ2) is 8.07. The van der Waals surface area contributed by atoms with Gasteiger partial charge in [-0.2, -0.15) is 0 Å². The normalized spacial score (nSPS) is 13.1. The predicted molar refractivity (Wildman–Crippen MR) is 99.0 cm³/mol. The minimum absolute atomic E-state index is 0.106. The number of hydrogen-bond donors (Lipinski definition) is 1. The molecule has 2 aromatic rings. The van der Waals surface area contributed by atoms with E-state index in [1.807, 2.05) is 0 Å². The van der Waals surface area contributed by atoms with Crippen molar-refractivity contribution in [3.05, 3.63) is 56.3 Å². The molecule has 0 bridgehead atoms. The summed E-state index contributed by atoms with van der Waals surface area (Å²) in [6.45, 7) is 0.304. The maximum atomic E-state index is 12.4. The lowest BCUT2D eigenvalue weighted by atomic mass is 10.1. The molecule has 10 nitrogen and oxygen atoms in total. The smallest absolute Gasteiger partial charge is 0.286 e. The topological polar surface area (TPSA) is 126 Å². The summed E-state index contributed by atoms with van der Waals surface area (Å²) in [4.78, 5) is 39.5. The van der Waals surface area contributed by atoms with Crippen molar-refractivity contribution in [2.75, 3.05) is 20.8 Å². The number of nitro benzene ring substituents is 1. The molecule has 0 unspecified atom stereocenters. The maximum Gasteiger partial charge on any atom is 0.286 e. The zero-order valence-corrected chi connectivity index (χ0v) is 15.5. The second-order valence-corrected chi connectivity index (χ2v) is 6.36. The average Bonchev–Trinajstić information content (AvgIpc) is 3.53. The monoisotopic (exact) mass is 388 g/mol. The van der Waals surface area contributed by atoms with Crippen LogP contribution in [-0.2, 0) is 6.54 Å². The summed E-state index contributed by atoms with van der Waals surface area (Å²) in [6.07, 6.45) is 3.56. The number of nitrogens with zero attached hydrogens (tertiary/aromatic N) is 3. The predicted octanol–water partition coefficient (Wildman–Crippen LogP) is 1.48. The van der Waals surface area contributed by atoms with Gasteiger partial charge in [-0.05, 0) is 12.8 Å². The summed E-state index contributed by atoms with van der Waals surface area (Å²) >= 11 is 0. The van der Waals surface area contributed by atoms with Crippen molar-refractivity contribution < 1.29 is 19.2 Å². The molecule has 0 atom stereocenters. The highest BCUT2D eigenvalue weighted by Gasteiger charge is 2.26. The molecule has 0 saturated heterocycles. The average molecular weight is 388 g/mol. The number of nitrogens with one attached hydrogen (secondary N) is 1. The third-order valence-corrected chi connectivity index (χ3v) is 4.48. The lowest BCUT2D eigenvalue weighted by molar-refractivity contribution is -0.385. The first-order valence-electron chi connectivity index (χ1n) is 8.69. The Morgan fingerprint density at radius 3 is 2.54 bits per heavy atom. The van der Waals surface area contributed by atoms with Crippen LogP contribution >= 0.6 is 0 Å². The van der Waals surface area contributed by atoms with Crippen molar-refractivity contribution in [3.8, 4) is 11.5 Å². The Labute approximate surface area is 160 Å². The van der Waals surface area contributed by atoms with Crippen molar-refractivity contribution in [2.45, 2.75) is 25.3 Å². The van der Waals surface area contributed by atoms with Gasteiger partial charge in [-0.25, -0.2) is 4.98 Å². The Hall–Kier alpha value is -3.43. The molecular weight excluding hydrogens is 368 g/mol. The zero-order valence-electron chi connectivity index (χ0n) is 15.5. The fourth-order valence-electron chi connectivity index (χ4n) is 2.80. The summed E-state index contributed by atoms with van der Waals surface area (Å²) in [5, 5.41) is 13.9. The van der Waals surface area contributed by atoms with E-state index in [9.17, 15) is 19.7 Å². The largest absolute Gasteiger partial charge is 0.493 e. The fraction of sp³-hybridized carbons (Fsp3) is 0.389. The third-order valence-electron chi connectivity index (χ3n) is 4.48. The number of methoxy groups -OCH3 is 2. The Morgan fingerprint density at radius 2 is 1.96 bits per heavy atom. The molecule has 1 aliphatic carbocycles. The van der Waals surface area contributed by atoms with Gasteiger partial charge in [0.15, 0.2) is 11.5 Å². The van der Waals surface area contributed by atoms with Gasteiger partial charge in [-0.1, -0.05) is 0 Å². The number of carbonyl (C=O) groups is 1. The molecule has 0 spiro atoms. The lowest BCUT2D eigenvalue weighted by Gasteiger charge is -2.11. The van der Waals surface area contributed by atoms with Crippen LogP contribution in [0.15, 0.2) is 29.3 Å². The highest BCUT2D eigenvalue weighted by molar-refractivity contribution is 5.99. The number of aromatic nitrogens is 2. The molecular formula is C18H20N4O6. The molecule has 0 radical (unpaired) electrons. The van der Waals surface area contributed by atoms with E-state index in [-0.39, 0.29) is 35.7 Å². The molecule has 3 rings (SSSR count). The van der Waals surface area contributed by atoms with E-state index >= 15 is 0 Å².